The zero-order valence-electron chi connectivity index (χ0n) is 11.1. The number of anilines is 1. The summed E-state index contributed by atoms with van der Waals surface area (Å²) >= 11 is 1.63. The summed E-state index contributed by atoms with van der Waals surface area (Å²) in [7, 11) is 0. The van der Waals surface area contributed by atoms with Crippen molar-refractivity contribution in [2.24, 2.45) is 0 Å². The molecule has 19 heavy (non-hydrogen) atoms. The first kappa shape index (κ1) is 12.8. The summed E-state index contributed by atoms with van der Waals surface area (Å²) in [4.78, 5) is 1.06. The van der Waals surface area contributed by atoms with Gasteiger partial charge in [-0.1, -0.05) is 6.07 Å². The quantitative estimate of drug-likeness (QED) is 0.831. The van der Waals surface area contributed by atoms with Crippen molar-refractivity contribution in [2.75, 3.05) is 11.6 Å². The molecule has 2 atom stereocenters. The van der Waals surface area contributed by atoms with Crippen molar-refractivity contribution in [3.8, 4) is 6.07 Å². The molecule has 0 aliphatic carbocycles. The summed E-state index contributed by atoms with van der Waals surface area (Å²) < 4.78 is 0. The number of benzene rings is 1. The molecule has 4 heteroatoms. The smallest absolute Gasteiger partial charge is 0.102 e. The monoisotopic (exact) mass is 273 g/mol. The second kappa shape index (κ2) is 5.44. The maximum Gasteiger partial charge on any atom is 0.102 e. The summed E-state index contributed by atoms with van der Waals surface area (Å²) in [6.07, 6.45) is 6.97. The van der Waals surface area contributed by atoms with Crippen molar-refractivity contribution in [3.63, 3.8) is 0 Å². The predicted octanol–water partition coefficient (Wildman–Crippen LogP) is 2.98. The van der Waals surface area contributed by atoms with E-state index in [0.717, 1.165) is 16.1 Å². The second-order valence-corrected chi connectivity index (χ2v) is 6.29. The third-order valence-corrected chi connectivity index (χ3v) is 4.97. The topological polar surface area (TPSA) is 47.8 Å². The minimum atomic E-state index is 0.503. The number of hydrogen-bond donors (Lipinski definition) is 2. The predicted molar refractivity (Wildman–Crippen MR) is 79.5 cm³/mol. The molecule has 0 radical (unpaired) electrons. The number of piperidine rings is 1. The van der Waals surface area contributed by atoms with E-state index in [1.807, 2.05) is 24.5 Å². The highest BCUT2D eigenvalue weighted by Crippen LogP contribution is 2.31. The van der Waals surface area contributed by atoms with Gasteiger partial charge in [0.25, 0.3) is 0 Å². The van der Waals surface area contributed by atoms with E-state index in [-0.39, 0.29) is 0 Å². The second-order valence-electron chi connectivity index (χ2n) is 5.45. The van der Waals surface area contributed by atoms with E-state index < -0.39 is 0 Å². The average molecular weight is 273 g/mol. The van der Waals surface area contributed by atoms with Crippen LogP contribution in [-0.2, 0) is 0 Å². The Kier molecular flexibility index (Phi) is 3.67. The highest BCUT2D eigenvalue weighted by molar-refractivity contribution is 7.98. The van der Waals surface area contributed by atoms with Gasteiger partial charge in [-0.2, -0.15) is 5.26 Å². The number of nitrogens with zero attached hydrogens (tertiary/aromatic N) is 1. The van der Waals surface area contributed by atoms with E-state index in [2.05, 4.69) is 16.7 Å². The molecule has 1 aromatic carbocycles. The van der Waals surface area contributed by atoms with Crippen LogP contribution in [0.3, 0.4) is 0 Å². The summed E-state index contributed by atoms with van der Waals surface area (Å²) in [6, 6.07) is 10.3. The van der Waals surface area contributed by atoms with Gasteiger partial charge in [-0.3, -0.25) is 0 Å². The van der Waals surface area contributed by atoms with Crippen molar-refractivity contribution < 1.29 is 0 Å². The maximum atomic E-state index is 9.36. The molecule has 2 fully saturated rings. The number of hydrogen-bond acceptors (Lipinski definition) is 4. The first-order chi connectivity index (χ1) is 9.30. The summed E-state index contributed by atoms with van der Waals surface area (Å²) in [5.74, 6) is 0. The number of nitrogens with one attached hydrogen (secondary N) is 2. The average Bonchev–Trinajstić information content (AvgIpc) is 2.77. The van der Waals surface area contributed by atoms with Gasteiger partial charge in [0.05, 0.1) is 11.3 Å². The Hall–Kier alpha value is -1.18. The SMILES string of the molecule is CSc1cccc(NC2CC3CCC(C2)N3)c1C#N. The molecular formula is C15H19N3S. The van der Waals surface area contributed by atoms with Crippen LogP contribution in [0, 0.1) is 11.3 Å². The van der Waals surface area contributed by atoms with Crippen LogP contribution in [0.2, 0.25) is 0 Å². The van der Waals surface area contributed by atoms with E-state index in [1.54, 1.807) is 11.8 Å². The molecule has 0 amide bonds. The van der Waals surface area contributed by atoms with Gasteiger partial charge in [0.1, 0.15) is 6.07 Å². The van der Waals surface area contributed by atoms with E-state index in [4.69, 9.17) is 0 Å². The first-order valence-corrected chi connectivity index (χ1v) is 8.12. The number of rotatable bonds is 3. The molecule has 0 saturated carbocycles. The summed E-state index contributed by atoms with van der Waals surface area (Å²) in [5.41, 5.74) is 1.79. The lowest BCUT2D eigenvalue weighted by Gasteiger charge is -2.30. The molecule has 2 unspecified atom stereocenters. The molecule has 3 nitrogen and oxygen atoms in total. The molecule has 2 saturated heterocycles. The lowest BCUT2D eigenvalue weighted by atomic mass is 9.99. The van der Waals surface area contributed by atoms with Crippen LogP contribution in [0.25, 0.3) is 0 Å². The standard InChI is InChI=1S/C15H19N3S/c1-19-15-4-2-3-14(13(15)9-16)18-12-7-10-5-6-11(8-12)17-10/h2-4,10-12,17-18H,5-8H2,1H3. The number of fused-ring (bicyclic) bond motifs is 2. The minimum Gasteiger partial charge on any atom is -0.381 e. The fraction of sp³-hybridized carbons (Fsp3) is 0.533. The number of nitriles is 1. The molecule has 3 rings (SSSR count). The Balaban J connectivity index is 1.78. The van der Waals surface area contributed by atoms with E-state index in [1.165, 1.54) is 25.7 Å². The Bertz CT molecular complexity index is 497. The minimum absolute atomic E-state index is 0.503. The van der Waals surface area contributed by atoms with Crippen LogP contribution in [0.4, 0.5) is 5.69 Å². The number of thioether (sulfide) groups is 1. The molecule has 2 heterocycles. The molecular weight excluding hydrogens is 254 g/mol. The van der Waals surface area contributed by atoms with Crippen LogP contribution < -0.4 is 10.6 Å². The van der Waals surface area contributed by atoms with Crippen LogP contribution >= 0.6 is 11.8 Å². The zero-order valence-corrected chi connectivity index (χ0v) is 12.0. The summed E-state index contributed by atoms with van der Waals surface area (Å²) in [6.45, 7) is 0. The molecule has 1 aromatic rings. The lowest BCUT2D eigenvalue weighted by molar-refractivity contribution is 0.378. The van der Waals surface area contributed by atoms with Crippen molar-refractivity contribution in [1.29, 1.82) is 5.26 Å². The first-order valence-electron chi connectivity index (χ1n) is 6.90. The van der Waals surface area contributed by atoms with Gasteiger partial charge in [-0.05, 0) is 44.1 Å². The Labute approximate surface area is 118 Å². The molecule has 100 valence electrons. The van der Waals surface area contributed by atoms with Crippen molar-refractivity contribution in [3.05, 3.63) is 23.8 Å². The largest absolute Gasteiger partial charge is 0.381 e. The molecule has 0 spiro atoms. The highest BCUT2D eigenvalue weighted by atomic mass is 32.2. The van der Waals surface area contributed by atoms with Crippen LogP contribution in [0.15, 0.2) is 23.1 Å². The Morgan fingerprint density at radius 3 is 2.68 bits per heavy atom. The molecule has 2 aliphatic heterocycles. The fourth-order valence-electron chi connectivity index (χ4n) is 3.33. The van der Waals surface area contributed by atoms with Gasteiger partial charge in [0.15, 0.2) is 0 Å². The third kappa shape index (κ3) is 2.58. The molecule has 2 N–H and O–H groups in total. The van der Waals surface area contributed by atoms with Crippen LogP contribution in [0.5, 0.6) is 0 Å². The van der Waals surface area contributed by atoms with E-state index >= 15 is 0 Å². The lowest BCUT2D eigenvalue weighted by Crippen LogP contribution is -2.43. The van der Waals surface area contributed by atoms with Crippen LogP contribution in [-0.4, -0.2) is 24.4 Å². The van der Waals surface area contributed by atoms with Gasteiger partial charge in [0.2, 0.25) is 0 Å². The van der Waals surface area contributed by atoms with E-state index in [9.17, 15) is 5.26 Å². The van der Waals surface area contributed by atoms with Crippen molar-refractivity contribution in [2.45, 2.75) is 48.7 Å². The summed E-state index contributed by atoms with van der Waals surface area (Å²) in [5, 5.41) is 16.6. The maximum absolute atomic E-state index is 9.36. The Morgan fingerprint density at radius 2 is 2.05 bits per heavy atom. The van der Waals surface area contributed by atoms with Gasteiger partial charge in [-0.25, -0.2) is 0 Å². The third-order valence-electron chi connectivity index (χ3n) is 4.19. The van der Waals surface area contributed by atoms with Gasteiger partial charge in [-0.15, -0.1) is 11.8 Å². The Morgan fingerprint density at radius 1 is 1.32 bits per heavy atom. The van der Waals surface area contributed by atoms with Crippen LogP contribution in [0.1, 0.15) is 31.2 Å². The zero-order chi connectivity index (χ0) is 13.2. The van der Waals surface area contributed by atoms with Crippen molar-refractivity contribution >= 4 is 17.4 Å². The molecule has 2 aliphatic rings. The molecule has 2 bridgehead atoms. The normalized spacial score (nSPS) is 28.9. The van der Waals surface area contributed by atoms with Crippen molar-refractivity contribution in [1.82, 2.24) is 5.32 Å². The fourth-order valence-corrected chi connectivity index (χ4v) is 3.91. The van der Waals surface area contributed by atoms with Gasteiger partial charge < -0.3 is 10.6 Å². The highest BCUT2D eigenvalue weighted by Gasteiger charge is 2.33. The van der Waals surface area contributed by atoms with Gasteiger partial charge in [0, 0.05) is 23.0 Å². The van der Waals surface area contributed by atoms with Gasteiger partial charge >= 0.3 is 0 Å². The van der Waals surface area contributed by atoms with E-state index in [0.29, 0.717) is 18.1 Å². The molecule has 0 aromatic heterocycles.